The fraction of sp³-hybridized carbons (Fsp3) is 0.684. The Balaban J connectivity index is 0.00000288. The van der Waals surface area contributed by atoms with Crippen LogP contribution in [0.4, 0.5) is 0 Å². The second-order valence-corrected chi connectivity index (χ2v) is 8.09. The zero-order valence-corrected chi connectivity index (χ0v) is 18.5. The summed E-state index contributed by atoms with van der Waals surface area (Å²) in [5, 5.41) is 3.59. The Morgan fingerprint density at radius 2 is 2.00 bits per heavy atom. The van der Waals surface area contributed by atoms with E-state index in [1.165, 1.54) is 5.56 Å². The molecule has 0 amide bonds. The number of halogens is 1. The molecule has 1 unspecified atom stereocenters. The molecule has 24 heavy (non-hydrogen) atoms. The van der Waals surface area contributed by atoms with Crippen molar-refractivity contribution in [3.8, 4) is 0 Å². The average Bonchev–Trinajstić information content (AvgIpc) is 2.50. The Hall–Kier alpha value is -0.850. The third-order valence-electron chi connectivity index (χ3n) is 5.75. The topological polar surface area (TPSA) is 40.5 Å². The van der Waals surface area contributed by atoms with Gasteiger partial charge in [0.25, 0.3) is 0 Å². The minimum absolute atomic E-state index is 0. The molecule has 0 aromatic carbocycles. The van der Waals surface area contributed by atoms with Gasteiger partial charge in [-0.2, -0.15) is 0 Å². The first-order valence-electron chi connectivity index (χ1n) is 8.59. The fourth-order valence-corrected chi connectivity index (χ4v) is 3.23. The van der Waals surface area contributed by atoms with E-state index >= 15 is 0 Å². The number of rotatable bonds is 4. The first-order chi connectivity index (χ1) is 10.7. The lowest BCUT2D eigenvalue weighted by atomic mass is 9.65. The lowest BCUT2D eigenvalue weighted by molar-refractivity contribution is -0.0667. The van der Waals surface area contributed by atoms with Crippen molar-refractivity contribution in [3.05, 3.63) is 30.1 Å². The van der Waals surface area contributed by atoms with Crippen molar-refractivity contribution in [1.82, 2.24) is 15.2 Å². The first kappa shape index (κ1) is 21.2. The maximum absolute atomic E-state index is 4.51. The van der Waals surface area contributed by atoms with E-state index in [0.29, 0.717) is 17.3 Å². The highest BCUT2D eigenvalue weighted by Gasteiger charge is 2.53. The molecule has 5 heteroatoms. The summed E-state index contributed by atoms with van der Waals surface area (Å²) in [4.78, 5) is 11.2. The lowest BCUT2D eigenvalue weighted by Crippen LogP contribution is -2.72. The monoisotopic (exact) mass is 444 g/mol. The van der Waals surface area contributed by atoms with Crippen LogP contribution >= 0.6 is 24.0 Å². The molecule has 1 fully saturated rings. The number of hydrogen-bond donors (Lipinski definition) is 1. The minimum atomic E-state index is 0. The molecule has 0 aliphatic carbocycles. The van der Waals surface area contributed by atoms with Gasteiger partial charge in [0, 0.05) is 49.4 Å². The van der Waals surface area contributed by atoms with E-state index in [9.17, 15) is 0 Å². The number of aromatic nitrogens is 1. The fourth-order valence-electron chi connectivity index (χ4n) is 3.23. The van der Waals surface area contributed by atoms with Crippen LogP contribution in [0.3, 0.4) is 0 Å². The Morgan fingerprint density at radius 1 is 1.33 bits per heavy atom. The van der Waals surface area contributed by atoms with Gasteiger partial charge in [-0.1, -0.05) is 33.8 Å². The highest BCUT2D eigenvalue weighted by molar-refractivity contribution is 14.0. The first-order valence-corrected chi connectivity index (χ1v) is 8.59. The standard InChI is InChI=1S/C19H32N4.HI/c1-14(2)16(15-9-8-10-21-11-15)12-22-17(20-7)23-13-18(3,4)19(23,5)6;/h8-11,14,16H,12-13H2,1-7H3,(H,20,22);1H. The molecule has 1 atom stereocenters. The van der Waals surface area contributed by atoms with E-state index in [0.717, 1.165) is 19.0 Å². The number of pyridine rings is 1. The van der Waals surface area contributed by atoms with Gasteiger partial charge in [-0.05, 0) is 31.4 Å². The van der Waals surface area contributed by atoms with E-state index in [-0.39, 0.29) is 29.5 Å². The molecule has 0 spiro atoms. The normalized spacial score (nSPS) is 20.2. The number of likely N-dealkylation sites (tertiary alicyclic amines) is 1. The predicted molar refractivity (Wildman–Crippen MR) is 113 cm³/mol. The highest BCUT2D eigenvalue weighted by Crippen LogP contribution is 2.46. The molecule has 0 bridgehead atoms. The van der Waals surface area contributed by atoms with Crippen LogP contribution in [0.5, 0.6) is 0 Å². The average molecular weight is 444 g/mol. The summed E-state index contributed by atoms with van der Waals surface area (Å²) in [5.41, 5.74) is 1.72. The van der Waals surface area contributed by atoms with E-state index in [1.807, 2.05) is 25.5 Å². The second-order valence-electron chi connectivity index (χ2n) is 8.09. The van der Waals surface area contributed by atoms with E-state index in [2.05, 4.69) is 67.8 Å². The molecule has 1 aromatic rings. The zero-order chi connectivity index (χ0) is 17.3. The summed E-state index contributed by atoms with van der Waals surface area (Å²) in [6.07, 6.45) is 3.81. The molecule has 0 saturated carbocycles. The van der Waals surface area contributed by atoms with Gasteiger partial charge in [-0.3, -0.25) is 9.98 Å². The molecule has 1 aromatic heterocycles. The maximum Gasteiger partial charge on any atom is 0.194 e. The zero-order valence-electron chi connectivity index (χ0n) is 16.1. The smallest absolute Gasteiger partial charge is 0.194 e. The summed E-state index contributed by atoms with van der Waals surface area (Å²) in [7, 11) is 1.87. The third kappa shape index (κ3) is 4.03. The second kappa shape index (κ2) is 8.02. The molecule has 1 aliphatic heterocycles. The third-order valence-corrected chi connectivity index (χ3v) is 5.75. The molecule has 2 rings (SSSR count). The lowest BCUT2D eigenvalue weighted by Gasteiger charge is -2.62. The van der Waals surface area contributed by atoms with Crippen LogP contribution in [-0.4, -0.2) is 41.5 Å². The van der Waals surface area contributed by atoms with Crippen molar-refractivity contribution >= 4 is 29.9 Å². The van der Waals surface area contributed by atoms with Crippen molar-refractivity contribution in [1.29, 1.82) is 0 Å². The molecule has 1 N–H and O–H groups in total. The van der Waals surface area contributed by atoms with Crippen LogP contribution in [0.25, 0.3) is 0 Å². The minimum Gasteiger partial charge on any atom is -0.356 e. The predicted octanol–water partition coefficient (Wildman–Crippen LogP) is 4.14. The van der Waals surface area contributed by atoms with Gasteiger partial charge in [0.15, 0.2) is 5.96 Å². The maximum atomic E-state index is 4.51. The van der Waals surface area contributed by atoms with Crippen LogP contribution in [0, 0.1) is 11.3 Å². The van der Waals surface area contributed by atoms with Crippen LogP contribution in [0.1, 0.15) is 53.0 Å². The van der Waals surface area contributed by atoms with Gasteiger partial charge in [0.2, 0.25) is 0 Å². The van der Waals surface area contributed by atoms with Crippen molar-refractivity contribution < 1.29 is 0 Å². The van der Waals surface area contributed by atoms with Crippen LogP contribution in [-0.2, 0) is 0 Å². The number of nitrogens with one attached hydrogen (secondary N) is 1. The molecule has 136 valence electrons. The Kier molecular flexibility index (Phi) is 7.08. The largest absolute Gasteiger partial charge is 0.356 e. The van der Waals surface area contributed by atoms with Crippen LogP contribution in [0.2, 0.25) is 0 Å². The Bertz CT molecular complexity index is 552. The number of guanidine groups is 1. The summed E-state index contributed by atoms with van der Waals surface area (Å²) in [6.45, 7) is 15.7. The number of aliphatic imine (C=N–C) groups is 1. The molecular weight excluding hydrogens is 411 g/mol. The summed E-state index contributed by atoms with van der Waals surface area (Å²) >= 11 is 0. The Labute approximate surface area is 164 Å². The van der Waals surface area contributed by atoms with Gasteiger partial charge in [0.1, 0.15) is 0 Å². The van der Waals surface area contributed by atoms with Crippen LogP contribution in [0.15, 0.2) is 29.5 Å². The number of nitrogens with zero attached hydrogens (tertiary/aromatic N) is 3. The van der Waals surface area contributed by atoms with E-state index < -0.39 is 0 Å². The van der Waals surface area contributed by atoms with E-state index in [4.69, 9.17) is 0 Å². The quantitative estimate of drug-likeness (QED) is 0.431. The molecule has 1 saturated heterocycles. The molecule has 0 radical (unpaired) electrons. The SMILES string of the molecule is CN=C(NCC(c1cccnc1)C(C)C)N1CC(C)(C)C1(C)C.I. The molecular formula is C19H33IN4. The van der Waals surface area contributed by atoms with Gasteiger partial charge >= 0.3 is 0 Å². The summed E-state index contributed by atoms with van der Waals surface area (Å²) in [5.74, 6) is 1.98. The summed E-state index contributed by atoms with van der Waals surface area (Å²) in [6, 6.07) is 4.18. The van der Waals surface area contributed by atoms with Gasteiger partial charge in [0.05, 0.1) is 0 Å². The highest BCUT2D eigenvalue weighted by atomic mass is 127. The number of hydrogen-bond acceptors (Lipinski definition) is 2. The van der Waals surface area contributed by atoms with E-state index in [1.54, 1.807) is 0 Å². The van der Waals surface area contributed by atoms with Gasteiger partial charge in [-0.25, -0.2) is 0 Å². The summed E-state index contributed by atoms with van der Waals surface area (Å²) < 4.78 is 0. The van der Waals surface area contributed by atoms with Gasteiger partial charge < -0.3 is 10.2 Å². The Morgan fingerprint density at radius 3 is 2.42 bits per heavy atom. The van der Waals surface area contributed by atoms with Crippen LogP contribution < -0.4 is 5.32 Å². The van der Waals surface area contributed by atoms with Crippen molar-refractivity contribution in [3.63, 3.8) is 0 Å². The molecule has 1 aliphatic rings. The van der Waals surface area contributed by atoms with Crippen molar-refractivity contribution in [2.75, 3.05) is 20.1 Å². The molecule has 2 heterocycles. The van der Waals surface area contributed by atoms with Gasteiger partial charge in [-0.15, -0.1) is 24.0 Å². The van der Waals surface area contributed by atoms with Crippen molar-refractivity contribution in [2.45, 2.75) is 53.0 Å². The van der Waals surface area contributed by atoms with Crippen molar-refractivity contribution in [2.24, 2.45) is 16.3 Å². The molecule has 4 nitrogen and oxygen atoms in total.